The highest BCUT2D eigenvalue weighted by Crippen LogP contribution is 2.56. The minimum atomic E-state index is 0. The van der Waals surface area contributed by atoms with Crippen molar-refractivity contribution in [1.29, 1.82) is 0 Å². The maximum absolute atomic E-state index is 6.01. The Morgan fingerprint density at radius 2 is 2.14 bits per heavy atom. The molecule has 0 heterocycles. The molecule has 1 nitrogen and oxygen atoms in total. The van der Waals surface area contributed by atoms with Gasteiger partial charge in [0.1, 0.15) is 0 Å². The first kappa shape index (κ1) is 10.5. The van der Waals surface area contributed by atoms with Crippen LogP contribution < -0.4 is 5.73 Å². The van der Waals surface area contributed by atoms with Gasteiger partial charge in [-0.2, -0.15) is 0 Å². The molecule has 1 aromatic rings. The van der Waals surface area contributed by atoms with Crippen LogP contribution in [0.1, 0.15) is 24.0 Å². The van der Waals surface area contributed by atoms with Gasteiger partial charge >= 0.3 is 0 Å². The lowest BCUT2D eigenvalue weighted by Crippen LogP contribution is -2.15. The van der Waals surface area contributed by atoms with E-state index in [1.165, 1.54) is 34.9 Å². The number of rotatable bonds is 0. The SMILES string of the molecule is Cl.N[C@@H]1C[C@@]12CCc1ccc(Br)cc12. The molecule has 2 N–H and O–H groups in total. The molecule has 2 atom stereocenters. The number of halogens is 2. The third-order valence-electron chi connectivity index (χ3n) is 3.58. The molecule has 2 aliphatic rings. The summed E-state index contributed by atoms with van der Waals surface area (Å²) in [4.78, 5) is 0. The lowest BCUT2D eigenvalue weighted by molar-refractivity contribution is 0.650. The van der Waals surface area contributed by atoms with Crippen LogP contribution in [0.4, 0.5) is 0 Å². The molecular formula is C11H13BrClN. The average molecular weight is 275 g/mol. The summed E-state index contributed by atoms with van der Waals surface area (Å²) in [5.74, 6) is 0. The number of aryl methyl sites for hydroxylation is 1. The molecule has 76 valence electrons. The number of hydrogen-bond donors (Lipinski definition) is 1. The van der Waals surface area contributed by atoms with Gasteiger partial charge in [0.05, 0.1) is 0 Å². The van der Waals surface area contributed by atoms with Gasteiger partial charge in [0.2, 0.25) is 0 Å². The molecule has 3 heteroatoms. The highest BCUT2D eigenvalue weighted by atomic mass is 79.9. The highest BCUT2D eigenvalue weighted by molar-refractivity contribution is 9.10. The maximum atomic E-state index is 6.01. The zero-order valence-corrected chi connectivity index (χ0v) is 10.2. The van der Waals surface area contributed by atoms with Crippen LogP contribution in [-0.2, 0) is 11.8 Å². The zero-order chi connectivity index (χ0) is 9.05. The molecule has 14 heavy (non-hydrogen) atoms. The zero-order valence-electron chi connectivity index (χ0n) is 7.79. The van der Waals surface area contributed by atoms with Gasteiger partial charge in [-0.3, -0.25) is 0 Å². The van der Waals surface area contributed by atoms with Crippen molar-refractivity contribution in [2.24, 2.45) is 5.73 Å². The van der Waals surface area contributed by atoms with Gasteiger partial charge < -0.3 is 5.73 Å². The van der Waals surface area contributed by atoms with Crippen molar-refractivity contribution in [3.63, 3.8) is 0 Å². The molecule has 0 radical (unpaired) electrons. The third-order valence-corrected chi connectivity index (χ3v) is 4.08. The van der Waals surface area contributed by atoms with E-state index in [0.29, 0.717) is 11.5 Å². The summed E-state index contributed by atoms with van der Waals surface area (Å²) in [7, 11) is 0. The standard InChI is InChI=1S/C11H12BrN.ClH/c12-8-2-1-7-3-4-11(6-10(11)13)9(7)5-8;/h1-2,5,10H,3-4,6,13H2;1H/t10-,11-;/m1./s1. The molecule has 0 bridgehead atoms. The Balaban J connectivity index is 0.000000750. The van der Waals surface area contributed by atoms with Crippen LogP contribution in [0, 0.1) is 0 Å². The summed E-state index contributed by atoms with van der Waals surface area (Å²) in [6, 6.07) is 7.04. The first-order valence-electron chi connectivity index (χ1n) is 4.77. The maximum Gasteiger partial charge on any atom is 0.0178 e. The van der Waals surface area contributed by atoms with Gasteiger partial charge in [-0.15, -0.1) is 12.4 Å². The van der Waals surface area contributed by atoms with E-state index in [9.17, 15) is 0 Å². The summed E-state index contributed by atoms with van der Waals surface area (Å²) in [5, 5.41) is 0. The van der Waals surface area contributed by atoms with Crippen molar-refractivity contribution in [2.45, 2.75) is 30.7 Å². The fourth-order valence-electron chi connectivity index (χ4n) is 2.65. The van der Waals surface area contributed by atoms with E-state index in [1.54, 1.807) is 0 Å². The van der Waals surface area contributed by atoms with Gasteiger partial charge in [0.15, 0.2) is 0 Å². The van der Waals surface area contributed by atoms with Crippen LogP contribution in [0.5, 0.6) is 0 Å². The predicted molar refractivity (Wildman–Crippen MR) is 64.0 cm³/mol. The second-order valence-corrected chi connectivity index (χ2v) is 5.18. The van der Waals surface area contributed by atoms with E-state index in [0.717, 1.165) is 0 Å². The Morgan fingerprint density at radius 1 is 1.43 bits per heavy atom. The molecule has 1 aromatic carbocycles. The first-order chi connectivity index (χ1) is 6.22. The molecule has 1 fully saturated rings. The topological polar surface area (TPSA) is 26.0 Å². The van der Waals surface area contributed by atoms with Crippen molar-refractivity contribution < 1.29 is 0 Å². The van der Waals surface area contributed by atoms with E-state index in [-0.39, 0.29) is 12.4 Å². The third kappa shape index (κ3) is 1.24. The van der Waals surface area contributed by atoms with E-state index in [2.05, 4.69) is 34.1 Å². The lowest BCUT2D eigenvalue weighted by Gasteiger charge is -2.09. The van der Waals surface area contributed by atoms with Crippen molar-refractivity contribution in [3.8, 4) is 0 Å². The van der Waals surface area contributed by atoms with Crippen molar-refractivity contribution in [2.75, 3.05) is 0 Å². The average Bonchev–Trinajstić information content (AvgIpc) is 2.61. The number of hydrogen-bond acceptors (Lipinski definition) is 1. The Morgan fingerprint density at radius 3 is 2.79 bits per heavy atom. The van der Waals surface area contributed by atoms with Gasteiger partial charge in [0.25, 0.3) is 0 Å². The molecule has 0 aliphatic heterocycles. The van der Waals surface area contributed by atoms with Crippen molar-refractivity contribution in [3.05, 3.63) is 33.8 Å². The molecule has 0 saturated heterocycles. The first-order valence-corrected chi connectivity index (χ1v) is 5.56. The highest BCUT2D eigenvalue weighted by Gasteiger charge is 2.56. The minimum absolute atomic E-state index is 0. The summed E-state index contributed by atoms with van der Waals surface area (Å²) in [6.07, 6.45) is 3.67. The van der Waals surface area contributed by atoms with Gasteiger partial charge in [-0.1, -0.05) is 22.0 Å². The number of nitrogens with two attached hydrogens (primary N) is 1. The summed E-state index contributed by atoms with van der Waals surface area (Å²) in [5.41, 5.74) is 9.41. The molecule has 1 spiro atoms. The molecule has 3 rings (SSSR count). The minimum Gasteiger partial charge on any atom is -0.327 e. The predicted octanol–water partition coefficient (Wildman–Crippen LogP) is 2.79. The lowest BCUT2D eigenvalue weighted by atomic mass is 9.98. The van der Waals surface area contributed by atoms with Gasteiger partial charge in [-0.05, 0) is 42.5 Å². The van der Waals surface area contributed by atoms with Crippen LogP contribution in [0.15, 0.2) is 22.7 Å². The summed E-state index contributed by atoms with van der Waals surface area (Å²) >= 11 is 3.52. The van der Waals surface area contributed by atoms with E-state index >= 15 is 0 Å². The molecule has 1 saturated carbocycles. The van der Waals surface area contributed by atoms with E-state index in [1.807, 2.05) is 0 Å². The van der Waals surface area contributed by atoms with Crippen LogP contribution >= 0.6 is 28.3 Å². The van der Waals surface area contributed by atoms with Crippen LogP contribution in [0.3, 0.4) is 0 Å². The van der Waals surface area contributed by atoms with Gasteiger partial charge in [0, 0.05) is 15.9 Å². The number of fused-ring (bicyclic) bond motifs is 2. The monoisotopic (exact) mass is 273 g/mol. The van der Waals surface area contributed by atoms with Crippen molar-refractivity contribution >= 4 is 28.3 Å². The normalized spacial score (nSPS) is 32.6. The van der Waals surface area contributed by atoms with Crippen LogP contribution in [-0.4, -0.2) is 6.04 Å². The molecular weight excluding hydrogens is 261 g/mol. The second kappa shape index (κ2) is 3.22. The molecule has 2 aliphatic carbocycles. The molecule has 0 unspecified atom stereocenters. The summed E-state index contributed by atoms with van der Waals surface area (Å²) < 4.78 is 1.19. The second-order valence-electron chi connectivity index (χ2n) is 4.27. The Kier molecular flexibility index (Phi) is 2.41. The molecule has 0 amide bonds. The van der Waals surface area contributed by atoms with Crippen LogP contribution in [0.2, 0.25) is 0 Å². The quantitative estimate of drug-likeness (QED) is 0.773. The number of benzene rings is 1. The Bertz CT molecular complexity index is 380. The Labute approximate surface area is 98.6 Å². The fraction of sp³-hybridized carbons (Fsp3) is 0.455. The smallest absolute Gasteiger partial charge is 0.0178 e. The largest absolute Gasteiger partial charge is 0.327 e. The van der Waals surface area contributed by atoms with E-state index in [4.69, 9.17) is 5.73 Å². The molecule has 0 aromatic heterocycles. The summed E-state index contributed by atoms with van der Waals surface area (Å²) in [6.45, 7) is 0. The van der Waals surface area contributed by atoms with Gasteiger partial charge in [-0.25, -0.2) is 0 Å². The Hall–Kier alpha value is -0.0500. The van der Waals surface area contributed by atoms with E-state index < -0.39 is 0 Å². The fourth-order valence-corrected chi connectivity index (χ4v) is 3.01. The van der Waals surface area contributed by atoms with Crippen molar-refractivity contribution in [1.82, 2.24) is 0 Å². The van der Waals surface area contributed by atoms with Crippen LogP contribution in [0.25, 0.3) is 0 Å².